The Balaban J connectivity index is 1.95. The summed E-state index contributed by atoms with van der Waals surface area (Å²) < 4.78 is 0. The smallest absolute Gasteiger partial charge is 0.253 e. The quantitative estimate of drug-likeness (QED) is 0.577. The van der Waals surface area contributed by atoms with Crippen molar-refractivity contribution in [3.63, 3.8) is 0 Å². The van der Waals surface area contributed by atoms with Gasteiger partial charge in [0.15, 0.2) is 17.3 Å². The number of carbonyl (C=O) groups is 4. The van der Waals surface area contributed by atoms with Gasteiger partial charge in [-0.1, -0.05) is 67.9 Å². The largest absolute Gasteiger partial charge is 0.314 e. The highest BCUT2D eigenvalue weighted by molar-refractivity contribution is 6.45. The first-order chi connectivity index (χ1) is 14.0. The van der Waals surface area contributed by atoms with E-state index >= 15 is 0 Å². The SMILES string of the molecule is CCCCN1C(=O)C2(C(=O)c3ccccc3C2=O)C(C(=O)c2ccccc2)=C1C. The fourth-order valence-corrected chi connectivity index (χ4v) is 4.33. The van der Waals surface area contributed by atoms with E-state index in [9.17, 15) is 19.2 Å². The van der Waals surface area contributed by atoms with Crippen LogP contribution in [0.25, 0.3) is 0 Å². The van der Waals surface area contributed by atoms with Crippen molar-refractivity contribution in [1.82, 2.24) is 4.90 Å². The summed E-state index contributed by atoms with van der Waals surface area (Å²) in [5.74, 6) is -2.25. The molecule has 4 rings (SSSR count). The molecular formula is C24H21NO4. The van der Waals surface area contributed by atoms with E-state index < -0.39 is 28.7 Å². The standard InChI is InChI=1S/C24H21NO4/c1-3-4-14-25-15(2)19(20(26)16-10-6-5-7-11-16)24(23(25)29)21(27)17-12-8-9-13-18(17)22(24)28/h5-13H,3-4,14H2,1-2H3. The van der Waals surface area contributed by atoms with Crippen LogP contribution in [-0.4, -0.2) is 34.7 Å². The molecule has 29 heavy (non-hydrogen) atoms. The van der Waals surface area contributed by atoms with Crippen molar-refractivity contribution in [3.05, 3.63) is 82.6 Å². The first-order valence-corrected chi connectivity index (χ1v) is 9.78. The number of fused-ring (bicyclic) bond motifs is 1. The fraction of sp³-hybridized carbons (Fsp3) is 0.250. The predicted octanol–water partition coefficient (Wildman–Crippen LogP) is 3.85. The first kappa shape index (κ1) is 19.0. The molecule has 0 saturated carbocycles. The third-order valence-corrected chi connectivity index (χ3v) is 5.80. The molecule has 146 valence electrons. The number of benzene rings is 2. The Morgan fingerprint density at radius 3 is 2.00 bits per heavy atom. The number of nitrogens with zero attached hydrogens (tertiary/aromatic N) is 1. The van der Waals surface area contributed by atoms with E-state index in [4.69, 9.17) is 0 Å². The van der Waals surface area contributed by atoms with E-state index in [0.29, 0.717) is 24.2 Å². The van der Waals surface area contributed by atoms with Gasteiger partial charge in [0.1, 0.15) is 0 Å². The van der Waals surface area contributed by atoms with Crippen LogP contribution in [0.15, 0.2) is 65.9 Å². The van der Waals surface area contributed by atoms with Crippen molar-refractivity contribution in [2.75, 3.05) is 6.54 Å². The molecule has 1 aliphatic carbocycles. The molecule has 0 saturated heterocycles. The number of ketones is 3. The lowest BCUT2D eigenvalue weighted by Gasteiger charge is -2.23. The molecule has 2 aromatic rings. The van der Waals surface area contributed by atoms with Gasteiger partial charge in [0.25, 0.3) is 5.91 Å². The van der Waals surface area contributed by atoms with Crippen molar-refractivity contribution in [3.8, 4) is 0 Å². The number of hydrogen-bond acceptors (Lipinski definition) is 4. The minimum atomic E-state index is -2.10. The summed E-state index contributed by atoms with van der Waals surface area (Å²) in [5.41, 5.74) is -0.955. The Kier molecular flexibility index (Phi) is 4.53. The van der Waals surface area contributed by atoms with Gasteiger partial charge >= 0.3 is 0 Å². The van der Waals surface area contributed by atoms with E-state index in [1.807, 2.05) is 6.92 Å². The lowest BCUT2D eigenvalue weighted by molar-refractivity contribution is -0.131. The van der Waals surface area contributed by atoms with Crippen LogP contribution in [0, 0.1) is 5.41 Å². The zero-order chi connectivity index (χ0) is 20.8. The van der Waals surface area contributed by atoms with Gasteiger partial charge in [-0.25, -0.2) is 0 Å². The van der Waals surface area contributed by atoms with Gasteiger partial charge in [0.05, 0.1) is 5.57 Å². The third kappa shape index (κ3) is 2.47. The Labute approximate surface area is 169 Å². The van der Waals surface area contributed by atoms with Crippen LogP contribution in [0.5, 0.6) is 0 Å². The van der Waals surface area contributed by atoms with E-state index in [1.165, 1.54) is 4.90 Å². The van der Waals surface area contributed by atoms with Crippen molar-refractivity contribution in [1.29, 1.82) is 0 Å². The van der Waals surface area contributed by atoms with E-state index in [-0.39, 0.29) is 16.7 Å². The Morgan fingerprint density at radius 1 is 0.897 bits per heavy atom. The zero-order valence-corrected chi connectivity index (χ0v) is 16.4. The van der Waals surface area contributed by atoms with Gasteiger partial charge in [0.2, 0.25) is 5.41 Å². The average Bonchev–Trinajstić information content (AvgIpc) is 3.11. The van der Waals surface area contributed by atoms with Crippen molar-refractivity contribution < 1.29 is 19.2 Å². The topological polar surface area (TPSA) is 71.5 Å². The van der Waals surface area contributed by atoms with Crippen LogP contribution >= 0.6 is 0 Å². The van der Waals surface area contributed by atoms with Crippen molar-refractivity contribution >= 4 is 23.3 Å². The highest BCUT2D eigenvalue weighted by atomic mass is 16.2. The monoisotopic (exact) mass is 387 g/mol. The van der Waals surface area contributed by atoms with Crippen LogP contribution in [0.1, 0.15) is 57.8 Å². The highest BCUT2D eigenvalue weighted by Gasteiger charge is 2.67. The average molecular weight is 387 g/mol. The van der Waals surface area contributed by atoms with Crippen LogP contribution in [0.4, 0.5) is 0 Å². The van der Waals surface area contributed by atoms with Gasteiger partial charge in [-0.3, -0.25) is 19.2 Å². The molecule has 1 amide bonds. The molecule has 1 spiro atoms. The molecule has 1 heterocycles. The van der Waals surface area contributed by atoms with Gasteiger partial charge < -0.3 is 4.90 Å². The number of allylic oxidation sites excluding steroid dienone is 1. The second-order valence-corrected chi connectivity index (χ2v) is 7.42. The molecule has 0 N–H and O–H groups in total. The maximum atomic E-state index is 13.6. The fourth-order valence-electron chi connectivity index (χ4n) is 4.33. The maximum absolute atomic E-state index is 13.6. The van der Waals surface area contributed by atoms with Crippen LogP contribution in [0.3, 0.4) is 0 Å². The molecule has 0 atom stereocenters. The molecule has 2 aromatic carbocycles. The number of unbranched alkanes of at least 4 members (excludes halogenated alkanes) is 1. The molecule has 0 unspecified atom stereocenters. The second-order valence-electron chi connectivity index (χ2n) is 7.42. The molecule has 5 heteroatoms. The second kappa shape index (κ2) is 6.92. The molecule has 2 aliphatic rings. The summed E-state index contributed by atoms with van der Waals surface area (Å²) in [4.78, 5) is 55.5. The van der Waals surface area contributed by atoms with Gasteiger partial charge in [0, 0.05) is 28.9 Å². The normalized spacial score (nSPS) is 17.4. The zero-order valence-electron chi connectivity index (χ0n) is 16.4. The molecule has 0 fully saturated rings. The summed E-state index contributed by atoms with van der Waals surface area (Å²) in [6.07, 6.45) is 1.55. The van der Waals surface area contributed by atoms with Gasteiger partial charge in [-0.2, -0.15) is 0 Å². The van der Waals surface area contributed by atoms with Crippen molar-refractivity contribution in [2.45, 2.75) is 26.7 Å². The predicted molar refractivity (Wildman–Crippen MR) is 108 cm³/mol. The number of hydrogen-bond donors (Lipinski definition) is 0. The minimum absolute atomic E-state index is 0.00370. The summed E-state index contributed by atoms with van der Waals surface area (Å²) >= 11 is 0. The molecule has 0 aromatic heterocycles. The Bertz CT molecular complexity index is 1050. The number of amides is 1. The van der Waals surface area contributed by atoms with E-state index in [1.54, 1.807) is 61.5 Å². The number of rotatable bonds is 5. The van der Waals surface area contributed by atoms with Gasteiger partial charge in [-0.05, 0) is 13.3 Å². The molecule has 5 nitrogen and oxygen atoms in total. The minimum Gasteiger partial charge on any atom is -0.314 e. The summed E-state index contributed by atoms with van der Waals surface area (Å²) in [5, 5.41) is 0. The molecule has 1 aliphatic heterocycles. The Morgan fingerprint density at radius 2 is 1.45 bits per heavy atom. The van der Waals surface area contributed by atoms with Crippen LogP contribution in [0.2, 0.25) is 0 Å². The first-order valence-electron chi connectivity index (χ1n) is 9.78. The number of carbonyl (C=O) groups excluding carboxylic acids is 4. The maximum Gasteiger partial charge on any atom is 0.253 e. The number of Topliss-reactive ketones (excluding diaryl/α,β-unsaturated/α-hetero) is 3. The third-order valence-electron chi connectivity index (χ3n) is 5.80. The van der Waals surface area contributed by atoms with Crippen LogP contribution < -0.4 is 0 Å². The van der Waals surface area contributed by atoms with Gasteiger partial charge in [-0.15, -0.1) is 0 Å². The summed E-state index contributed by atoms with van der Waals surface area (Å²) in [6, 6.07) is 14.9. The lowest BCUT2D eigenvalue weighted by Crippen LogP contribution is -2.46. The Hall–Kier alpha value is -3.34. The summed E-state index contributed by atoms with van der Waals surface area (Å²) in [7, 11) is 0. The van der Waals surface area contributed by atoms with E-state index in [0.717, 1.165) is 6.42 Å². The van der Waals surface area contributed by atoms with E-state index in [2.05, 4.69) is 0 Å². The molecular weight excluding hydrogens is 366 g/mol. The molecule has 0 radical (unpaired) electrons. The van der Waals surface area contributed by atoms with Crippen molar-refractivity contribution in [2.24, 2.45) is 5.41 Å². The molecule has 0 bridgehead atoms. The van der Waals surface area contributed by atoms with Crippen LogP contribution in [-0.2, 0) is 4.79 Å². The lowest BCUT2D eigenvalue weighted by atomic mass is 9.73. The highest BCUT2D eigenvalue weighted by Crippen LogP contribution is 2.50. The summed E-state index contributed by atoms with van der Waals surface area (Å²) in [6.45, 7) is 4.01.